The van der Waals surface area contributed by atoms with Gasteiger partial charge in [-0.3, -0.25) is 24.1 Å². The highest BCUT2D eigenvalue weighted by Gasteiger charge is 2.23. The van der Waals surface area contributed by atoms with Crippen molar-refractivity contribution in [3.8, 4) is 0 Å². The lowest BCUT2D eigenvalue weighted by Gasteiger charge is -2.07. The van der Waals surface area contributed by atoms with Crippen molar-refractivity contribution in [2.45, 2.75) is 0 Å². The molecule has 0 saturated carbocycles. The first-order valence-corrected chi connectivity index (χ1v) is 8.83. The molecule has 4 rings (SSSR count). The first-order chi connectivity index (χ1) is 14.8. The molecule has 154 valence electrons. The number of anilines is 1. The lowest BCUT2D eigenvalue weighted by molar-refractivity contribution is -0.384. The SMILES string of the molecule is Nc1nc2ccc(C(=O)c3c(F)cccc3F)cn2c1C(=O)c1ccc([N+](=O)[O-])cc1. The molecule has 0 bridgehead atoms. The fraction of sp³-hybridized carbons (Fsp3) is 0. The molecule has 10 heteroatoms. The predicted octanol–water partition coefficient (Wildman–Crippen LogP) is 3.56. The number of rotatable bonds is 5. The second-order valence-electron chi connectivity index (χ2n) is 6.55. The Morgan fingerprint density at radius 2 is 1.55 bits per heavy atom. The maximum Gasteiger partial charge on any atom is 0.269 e. The van der Waals surface area contributed by atoms with Crippen LogP contribution in [0.4, 0.5) is 20.3 Å². The minimum atomic E-state index is -1.02. The quantitative estimate of drug-likeness (QED) is 0.298. The molecule has 2 aromatic carbocycles. The molecule has 31 heavy (non-hydrogen) atoms. The number of pyridine rings is 1. The first kappa shape index (κ1) is 19.8. The van der Waals surface area contributed by atoms with Gasteiger partial charge in [0, 0.05) is 29.5 Å². The van der Waals surface area contributed by atoms with E-state index in [9.17, 15) is 28.5 Å². The van der Waals surface area contributed by atoms with Gasteiger partial charge in [0.25, 0.3) is 5.69 Å². The first-order valence-electron chi connectivity index (χ1n) is 8.83. The van der Waals surface area contributed by atoms with Crippen molar-refractivity contribution in [1.82, 2.24) is 9.38 Å². The topological polar surface area (TPSA) is 121 Å². The highest BCUT2D eigenvalue weighted by Crippen LogP contribution is 2.23. The summed E-state index contributed by atoms with van der Waals surface area (Å²) >= 11 is 0. The summed E-state index contributed by atoms with van der Waals surface area (Å²) < 4.78 is 29.3. The fourth-order valence-corrected chi connectivity index (χ4v) is 3.15. The number of benzene rings is 2. The van der Waals surface area contributed by atoms with Crippen LogP contribution in [0.2, 0.25) is 0 Å². The summed E-state index contributed by atoms with van der Waals surface area (Å²) in [5.41, 5.74) is 5.13. The smallest absolute Gasteiger partial charge is 0.269 e. The third-order valence-corrected chi connectivity index (χ3v) is 4.65. The Morgan fingerprint density at radius 3 is 2.16 bits per heavy atom. The summed E-state index contributed by atoms with van der Waals surface area (Å²) in [6.07, 6.45) is 1.21. The summed E-state index contributed by atoms with van der Waals surface area (Å²) in [7, 11) is 0. The van der Waals surface area contributed by atoms with E-state index >= 15 is 0 Å². The Balaban J connectivity index is 1.80. The van der Waals surface area contributed by atoms with E-state index in [1.54, 1.807) is 0 Å². The van der Waals surface area contributed by atoms with Crippen molar-refractivity contribution >= 4 is 28.7 Å². The second-order valence-corrected chi connectivity index (χ2v) is 6.55. The molecular formula is C21H12F2N4O4. The molecule has 2 N–H and O–H groups in total. The highest BCUT2D eigenvalue weighted by atomic mass is 19.1. The molecule has 0 atom stereocenters. The Morgan fingerprint density at radius 1 is 0.935 bits per heavy atom. The standard InChI is InChI=1S/C21H12F2N4O4/c22-14-2-1-3-15(23)17(14)19(28)12-6-9-16-25-21(24)18(26(16)10-12)20(29)11-4-7-13(8-5-11)27(30)31/h1-10H,24H2. The number of fused-ring (bicyclic) bond motifs is 1. The number of halogens is 2. The fourth-order valence-electron chi connectivity index (χ4n) is 3.15. The van der Waals surface area contributed by atoms with E-state index in [2.05, 4.69) is 4.98 Å². The molecule has 8 nitrogen and oxygen atoms in total. The van der Waals surface area contributed by atoms with E-state index in [0.29, 0.717) is 0 Å². The molecule has 0 fully saturated rings. The zero-order valence-corrected chi connectivity index (χ0v) is 15.6. The Hall–Kier alpha value is -4.47. The summed E-state index contributed by atoms with van der Waals surface area (Å²) in [5.74, 6) is -3.68. The molecule has 2 aromatic heterocycles. The average Bonchev–Trinajstić information content (AvgIpc) is 3.07. The highest BCUT2D eigenvalue weighted by molar-refractivity contribution is 6.12. The van der Waals surface area contributed by atoms with Crippen LogP contribution in [0.25, 0.3) is 5.65 Å². The van der Waals surface area contributed by atoms with Gasteiger partial charge in [-0.2, -0.15) is 0 Å². The Labute approximate surface area is 172 Å². The molecular weight excluding hydrogens is 410 g/mol. The van der Waals surface area contributed by atoms with Crippen LogP contribution < -0.4 is 5.73 Å². The van der Waals surface area contributed by atoms with Crippen LogP contribution >= 0.6 is 0 Å². The van der Waals surface area contributed by atoms with Gasteiger partial charge in [-0.25, -0.2) is 13.8 Å². The number of carbonyl (C=O) groups is 2. The summed E-state index contributed by atoms with van der Waals surface area (Å²) in [4.78, 5) is 39.9. The van der Waals surface area contributed by atoms with E-state index < -0.39 is 33.7 Å². The van der Waals surface area contributed by atoms with Crippen molar-refractivity contribution in [2.75, 3.05) is 5.73 Å². The Kier molecular flexibility index (Phi) is 4.74. The predicted molar refractivity (Wildman–Crippen MR) is 106 cm³/mol. The van der Waals surface area contributed by atoms with Gasteiger partial charge in [-0.1, -0.05) is 6.07 Å². The van der Waals surface area contributed by atoms with Crippen LogP contribution in [0.5, 0.6) is 0 Å². The van der Waals surface area contributed by atoms with Crippen molar-refractivity contribution in [3.05, 3.63) is 105 Å². The number of nitro groups is 1. The third-order valence-electron chi connectivity index (χ3n) is 4.65. The average molecular weight is 422 g/mol. The zero-order chi connectivity index (χ0) is 22.3. The van der Waals surface area contributed by atoms with E-state index in [4.69, 9.17) is 5.73 Å². The van der Waals surface area contributed by atoms with Gasteiger partial charge in [0.05, 0.1) is 10.5 Å². The van der Waals surface area contributed by atoms with E-state index in [1.807, 2.05) is 0 Å². The second kappa shape index (κ2) is 7.41. The van der Waals surface area contributed by atoms with Crippen LogP contribution in [0.1, 0.15) is 32.0 Å². The number of imidazole rings is 1. The van der Waals surface area contributed by atoms with Gasteiger partial charge in [-0.15, -0.1) is 0 Å². The lowest BCUT2D eigenvalue weighted by atomic mass is 10.0. The number of ketones is 2. The molecule has 0 unspecified atom stereocenters. The minimum absolute atomic E-state index is 0.0903. The normalized spacial score (nSPS) is 10.9. The third kappa shape index (κ3) is 3.39. The molecule has 0 spiro atoms. The summed E-state index contributed by atoms with van der Waals surface area (Å²) in [6, 6.07) is 10.6. The minimum Gasteiger partial charge on any atom is -0.382 e. The van der Waals surface area contributed by atoms with Crippen LogP contribution in [-0.4, -0.2) is 25.9 Å². The van der Waals surface area contributed by atoms with Crippen LogP contribution in [0, 0.1) is 21.7 Å². The number of aromatic nitrogens is 2. The van der Waals surface area contributed by atoms with Crippen molar-refractivity contribution in [3.63, 3.8) is 0 Å². The number of nitrogens with zero attached hydrogens (tertiary/aromatic N) is 3. The molecule has 0 aliphatic carbocycles. The zero-order valence-electron chi connectivity index (χ0n) is 15.6. The van der Waals surface area contributed by atoms with Gasteiger partial charge < -0.3 is 5.73 Å². The van der Waals surface area contributed by atoms with Crippen LogP contribution in [0.15, 0.2) is 60.8 Å². The number of nitrogen functional groups attached to an aromatic ring is 1. The van der Waals surface area contributed by atoms with Crippen molar-refractivity contribution in [2.24, 2.45) is 0 Å². The molecule has 0 amide bonds. The van der Waals surface area contributed by atoms with Gasteiger partial charge in [0.15, 0.2) is 11.6 Å². The van der Waals surface area contributed by atoms with E-state index in [1.165, 1.54) is 47.0 Å². The largest absolute Gasteiger partial charge is 0.382 e. The lowest BCUT2D eigenvalue weighted by Crippen LogP contribution is -2.11. The van der Waals surface area contributed by atoms with Gasteiger partial charge in [0.2, 0.25) is 5.78 Å². The molecule has 0 radical (unpaired) electrons. The number of non-ortho nitro benzene ring substituents is 1. The summed E-state index contributed by atoms with van der Waals surface area (Å²) in [5, 5.41) is 10.8. The maximum absolute atomic E-state index is 14.0. The number of hydrogen-bond donors (Lipinski definition) is 1. The molecule has 0 saturated heterocycles. The molecule has 2 heterocycles. The summed E-state index contributed by atoms with van der Waals surface area (Å²) in [6.45, 7) is 0. The number of carbonyl (C=O) groups excluding carboxylic acids is 2. The number of nitro benzene ring substituents is 1. The Bertz CT molecular complexity index is 1360. The van der Waals surface area contributed by atoms with Crippen LogP contribution in [0.3, 0.4) is 0 Å². The van der Waals surface area contributed by atoms with Gasteiger partial charge in [0.1, 0.15) is 23.0 Å². The van der Waals surface area contributed by atoms with Crippen molar-refractivity contribution in [1.29, 1.82) is 0 Å². The van der Waals surface area contributed by atoms with Crippen LogP contribution in [-0.2, 0) is 0 Å². The molecule has 0 aliphatic heterocycles. The maximum atomic E-state index is 14.0. The monoisotopic (exact) mass is 422 g/mol. The van der Waals surface area contributed by atoms with Gasteiger partial charge >= 0.3 is 0 Å². The number of hydrogen-bond acceptors (Lipinski definition) is 6. The molecule has 0 aliphatic rings. The van der Waals surface area contributed by atoms with E-state index in [-0.39, 0.29) is 34.0 Å². The van der Waals surface area contributed by atoms with E-state index in [0.717, 1.165) is 18.2 Å². The molecule has 4 aromatic rings. The number of nitrogens with two attached hydrogens (primary N) is 1. The van der Waals surface area contributed by atoms with Crippen molar-refractivity contribution < 1.29 is 23.3 Å². The van der Waals surface area contributed by atoms with Gasteiger partial charge in [-0.05, 0) is 36.4 Å².